The maximum atomic E-state index is 5.52. The van der Waals surface area contributed by atoms with Gasteiger partial charge in [0, 0.05) is 11.2 Å². The molecule has 94 valence electrons. The van der Waals surface area contributed by atoms with E-state index in [0.717, 1.165) is 18.8 Å². The molecule has 1 aromatic rings. The van der Waals surface area contributed by atoms with Crippen molar-refractivity contribution in [2.24, 2.45) is 0 Å². The molecule has 0 bridgehead atoms. The van der Waals surface area contributed by atoms with Crippen molar-refractivity contribution in [1.82, 2.24) is 0 Å². The number of unbranched alkanes of at least 4 members (excludes halogenated alkanes) is 1. The zero-order valence-electron chi connectivity index (χ0n) is 10.5. The fourth-order valence-corrected chi connectivity index (χ4v) is 2.62. The first kappa shape index (κ1) is 12.9. The highest BCUT2D eigenvalue weighted by molar-refractivity contribution is 9.09. The number of rotatable bonds is 6. The summed E-state index contributed by atoms with van der Waals surface area (Å²) in [6.45, 7) is 3.10. The van der Waals surface area contributed by atoms with Crippen LogP contribution in [0.25, 0.3) is 0 Å². The summed E-state index contributed by atoms with van der Waals surface area (Å²) in [5, 5.41) is 0. The number of alkyl halides is 1. The fourth-order valence-electron chi connectivity index (χ4n) is 2.29. The maximum Gasteiger partial charge on any atom is 0.122 e. The molecule has 2 rings (SSSR count). The Hall–Kier alpha value is -0.500. The molecule has 1 nitrogen and oxygen atoms in total. The minimum Gasteiger partial charge on any atom is -0.493 e. The first-order valence-corrected chi connectivity index (χ1v) is 7.60. The van der Waals surface area contributed by atoms with Gasteiger partial charge in [-0.2, -0.15) is 0 Å². The van der Waals surface area contributed by atoms with Crippen LogP contribution in [0.4, 0.5) is 0 Å². The van der Waals surface area contributed by atoms with E-state index < -0.39 is 0 Å². The van der Waals surface area contributed by atoms with E-state index in [2.05, 4.69) is 41.1 Å². The third-order valence-electron chi connectivity index (χ3n) is 3.43. The number of aryl methyl sites for hydroxylation is 1. The molecule has 1 atom stereocenters. The quantitative estimate of drug-likeness (QED) is 0.554. The molecule has 1 heterocycles. The van der Waals surface area contributed by atoms with Crippen molar-refractivity contribution in [1.29, 1.82) is 0 Å². The molecule has 1 unspecified atom stereocenters. The number of benzene rings is 1. The monoisotopic (exact) mass is 296 g/mol. The van der Waals surface area contributed by atoms with Crippen LogP contribution < -0.4 is 4.74 Å². The normalized spacial score (nSPS) is 15.4. The van der Waals surface area contributed by atoms with Crippen molar-refractivity contribution in [3.8, 4) is 5.75 Å². The Labute approximate surface area is 113 Å². The zero-order valence-corrected chi connectivity index (χ0v) is 12.1. The molecule has 0 amide bonds. The number of fused-ring (bicyclic) bond motifs is 1. The topological polar surface area (TPSA) is 9.23 Å². The summed E-state index contributed by atoms with van der Waals surface area (Å²) in [5.41, 5.74) is 2.87. The van der Waals surface area contributed by atoms with Gasteiger partial charge in [-0.15, -0.1) is 0 Å². The van der Waals surface area contributed by atoms with Crippen molar-refractivity contribution in [2.45, 2.75) is 50.3 Å². The van der Waals surface area contributed by atoms with Gasteiger partial charge in [-0.25, -0.2) is 0 Å². The number of hydrogen-bond acceptors (Lipinski definition) is 1. The van der Waals surface area contributed by atoms with Crippen LogP contribution in [0.1, 0.15) is 43.7 Å². The van der Waals surface area contributed by atoms with Gasteiger partial charge in [0.15, 0.2) is 0 Å². The van der Waals surface area contributed by atoms with Gasteiger partial charge < -0.3 is 4.74 Å². The standard InChI is InChI=1S/C15H21BrO/c1-2-14(16)6-4-3-5-12-7-8-15-13(11-12)9-10-17-15/h7-8,11,14H,2-6,9-10H2,1H3. The van der Waals surface area contributed by atoms with Crippen molar-refractivity contribution in [2.75, 3.05) is 6.61 Å². The molecule has 0 spiro atoms. The highest BCUT2D eigenvalue weighted by Crippen LogP contribution is 2.26. The second-order valence-electron chi connectivity index (χ2n) is 4.79. The highest BCUT2D eigenvalue weighted by Gasteiger charge is 2.11. The maximum absolute atomic E-state index is 5.52. The number of halogens is 1. The molecule has 0 saturated heterocycles. The Bertz CT molecular complexity index is 362. The molecule has 0 radical (unpaired) electrons. The van der Waals surface area contributed by atoms with E-state index in [1.165, 1.54) is 43.2 Å². The Kier molecular flexibility index (Phi) is 4.90. The van der Waals surface area contributed by atoms with Crippen LogP contribution in [-0.2, 0) is 12.8 Å². The van der Waals surface area contributed by atoms with Crippen molar-refractivity contribution in [3.63, 3.8) is 0 Å². The van der Waals surface area contributed by atoms with E-state index in [1.807, 2.05) is 0 Å². The minimum atomic E-state index is 0.705. The summed E-state index contributed by atoms with van der Waals surface area (Å²) >= 11 is 3.69. The lowest BCUT2D eigenvalue weighted by Crippen LogP contribution is -1.95. The molecule has 17 heavy (non-hydrogen) atoms. The molecular formula is C15H21BrO. The van der Waals surface area contributed by atoms with Crippen LogP contribution in [0.3, 0.4) is 0 Å². The van der Waals surface area contributed by atoms with E-state index >= 15 is 0 Å². The summed E-state index contributed by atoms with van der Waals surface area (Å²) in [5.74, 6) is 1.10. The van der Waals surface area contributed by atoms with E-state index in [-0.39, 0.29) is 0 Å². The zero-order chi connectivity index (χ0) is 12.1. The van der Waals surface area contributed by atoms with Crippen LogP contribution in [0.2, 0.25) is 0 Å². The van der Waals surface area contributed by atoms with Crippen molar-refractivity contribution in [3.05, 3.63) is 29.3 Å². The highest BCUT2D eigenvalue weighted by atomic mass is 79.9. The molecule has 0 aromatic heterocycles. The van der Waals surface area contributed by atoms with Gasteiger partial charge in [-0.05, 0) is 42.9 Å². The number of hydrogen-bond donors (Lipinski definition) is 0. The van der Waals surface area contributed by atoms with Crippen LogP contribution in [0.15, 0.2) is 18.2 Å². The first-order chi connectivity index (χ1) is 8.29. The smallest absolute Gasteiger partial charge is 0.122 e. The third kappa shape index (κ3) is 3.74. The molecule has 2 heteroatoms. The lowest BCUT2D eigenvalue weighted by Gasteiger charge is -2.07. The number of ether oxygens (including phenoxy) is 1. The average Bonchev–Trinajstić information content (AvgIpc) is 2.81. The molecule has 0 aliphatic carbocycles. The summed E-state index contributed by atoms with van der Waals surface area (Å²) < 4.78 is 5.52. The van der Waals surface area contributed by atoms with Crippen LogP contribution in [0.5, 0.6) is 5.75 Å². The molecule has 0 saturated carbocycles. The lowest BCUT2D eigenvalue weighted by molar-refractivity contribution is 0.357. The van der Waals surface area contributed by atoms with Crippen molar-refractivity contribution >= 4 is 15.9 Å². The van der Waals surface area contributed by atoms with Crippen LogP contribution in [0, 0.1) is 0 Å². The van der Waals surface area contributed by atoms with E-state index in [4.69, 9.17) is 4.74 Å². The van der Waals surface area contributed by atoms with E-state index in [9.17, 15) is 0 Å². The minimum absolute atomic E-state index is 0.705. The van der Waals surface area contributed by atoms with Gasteiger partial charge in [0.1, 0.15) is 5.75 Å². The Morgan fingerprint density at radius 1 is 1.35 bits per heavy atom. The summed E-state index contributed by atoms with van der Waals surface area (Å²) in [7, 11) is 0. The molecular weight excluding hydrogens is 276 g/mol. The molecule has 1 aliphatic heterocycles. The van der Waals surface area contributed by atoms with Gasteiger partial charge in [-0.3, -0.25) is 0 Å². The third-order valence-corrected chi connectivity index (χ3v) is 4.53. The Morgan fingerprint density at radius 2 is 2.24 bits per heavy atom. The van der Waals surface area contributed by atoms with Gasteiger partial charge in [0.05, 0.1) is 6.61 Å². The average molecular weight is 297 g/mol. The van der Waals surface area contributed by atoms with E-state index in [1.54, 1.807) is 0 Å². The summed E-state index contributed by atoms with van der Waals surface area (Å²) in [6.07, 6.45) is 7.43. The molecule has 1 aliphatic rings. The summed E-state index contributed by atoms with van der Waals surface area (Å²) in [4.78, 5) is 0.705. The summed E-state index contributed by atoms with van der Waals surface area (Å²) in [6, 6.07) is 6.68. The van der Waals surface area contributed by atoms with Gasteiger partial charge in [0.25, 0.3) is 0 Å². The van der Waals surface area contributed by atoms with Crippen LogP contribution in [-0.4, -0.2) is 11.4 Å². The van der Waals surface area contributed by atoms with E-state index in [0.29, 0.717) is 4.83 Å². The largest absolute Gasteiger partial charge is 0.493 e. The lowest BCUT2D eigenvalue weighted by atomic mass is 10.0. The second-order valence-corrected chi connectivity index (χ2v) is 6.09. The second kappa shape index (κ2) is 6.44. The predicted octanol–water partition coefficient (Wildman–Crippen LogP) is 4.51. The Morgan fingerprint density at radius 3 is 3.06 bits per heavy atom. The SMILES string of the molecule is CCC(Br)CCCCc1ccc2c(c1)CCO2. The Balaban J connectivity index is 1.76. The first-order valence-electron chi connectivity index (χ1n) is 6.68. The molecule has 1 aromatic carbocycles. The van der Waals surface area contributed by atoms with Gasteiger partial charge in [0.2, 0.25) is 0 Å². The molecule has 0 N–H and O–H groups in total. The van der Waals surface area contributed by atoms with Crippen LogP contribution >= 0.6 is 15.9 Å². The van der Waals surface area contributed by atoms with Crippen molar-refractivity contribution < 1.29 is 4.74 Å². The van der Waals surface area contributed by atoms with Gasteiger partial charge >= 0.3 is 0 Å². The predicted molar refractivity (Wildman–Crippen MR) is 76.2 cm³/mol. The van der Waals surface area contributed by atoms with Gasteiger partial charge in [-0.1, -0.05) is 41.4 Å². The molecule has 0 fully saturated rings. The fraction of sp³-hybridized carbons (Fsp3) is 0.600.